The molecule has 0 aliphatic carbocycles. The number of amides is 3. The Morgan fingerprint density at radius 1 is 1.04 bits per heavy atom. The van der Waals surface area contributed by atoms with Gasteiger partial charge in [-0.05, 0) is 42.0 Å². The summed E-state index contributed by atoms with van der Waals surface area (Å²) in [6, 6.07) is 11.7. The molecule has 0 atom stereocenters. The Bertz CT molecular complexity index is 877. The normalized spacial score (nSPS) is 10.5. The van der Waals surface area contributed by atoms with E-state index in [9.17, 15) is 14.4 Å². The van der Waals surface area contributed by atoms with Crippen LogP contribution >= 0.6 is 11.6 Å². The monoisotopic (exact) mass is 385 g/mol. The molecule has 0 radical (unpaired) electrons. The zero-order chi connectivity index (χ0) is 19.8. The van der Waals surface area contributed by atoms with Crippen LogP contribution in [0.2, 0.25) is 5.02 Å². The lowest BCUT2D eigenvalue weighted by molar-refractivity contribution is -0.116. The van der Waals surface area contributed by atoms with E-state index >= 15 is 0 Å². The number of benzene rings is 2. The minimum atomic E-state index is -0.369. The fourth-order valence-corrected chi connectivity index (χ4v) is 2.35. The van der Waals surface area contributed by atoms with E-state index in [1.807, 2.05) is 0 Å². The molecule has 27 heavy (non-hydrogen) atoms. The third-order valence-electron chi connectivity index (χ3n) is 3.66. The quantitative estimate of drug-likeness (QED) is 0.662. The van der Waals surface area contributed by atoms with Gasteiger partial charge in [0.15, 0.2) is 0 Å². The second-order valence-corrected chi connectivity index (χ2v) is 6.03. The van der Waals surface area contributed by atoms with Crippen LogP contribution in [0.1, 0.15) is 29.3 Å². The lowest BCUT2D eigenvalue weighted by Crippen LogP contribution is -2.17. The fraction of sp³-hybridized carbons (Fsp3) is 0.150. The first-order valence-corrected chi connectivity index (χ1v) is 8.71. The van der Waals surface area contributed by atoms with Gasteiger partial charge >= 0.3 is 0 Å². The van der Waals surface area contributed by atoms with Gasteiger partial charge in [-0.25, -0.2) is 0 Å². The molecule has 0 aliphatic heterocycles. The maximum atomic E-state index is 12.1. The molecule has 140 valence electrons. The number of anilines is 2. The van der Waals surface area contributed by atoms with Crippen LogP contribution < -0.4 is 16.0 Å². The van der Waals surface area contributed by atoms with Gasteiger partial charge in [-0.2, -0.15) is 0 Å². The summed E-state index contributed by atoms with van der Waals surface area (Å²) < 4.78 is 0. The molecule has 0 aromatic heterocycles. The van der Waals surface area contributed by atoms with E-state index in [0.29, 0.717) is 28.4 Å². The lowest BCUT2D eigenvalue weighted by Gasteiger charge is -2.09. The second-order valence-electron chi connectivity index (χ2n) is 5.62. The molecule has 6 nitrogen and oxygen atoms in total. The summed E-state index contributed by atoms with van der Waals surface area (Å²) in [4.78, 5) is 35.1. The molecule has 0 unspecified atom stereocenters. The standard InChI is InChI=1S/C20H20ClN3O3/c1-3-18(25)23-15-9-10-16(21)17(12-15)24-19(26)11-6-13-4-7-14(8-5-13)20(27)22-2/h4-12H,3H2,1-2H3,(H,22,27)(H,23,25)(H,24,26). The molecule has 0 fully saturated rings. The van der Waals surface area contributed by atoms with Gasteiger partial charge in [-0.15, -0.1) is 0 Å². The molecule has 0 saturated carbocycles. The Morgan fingerprint density at radius 3 is 2.37 bits per heavy atom. The molecule has 2 aromatic rings. The van der Waals surface area contributed by atoms with Crippen LogP contribution in [0.15, 0.2) is 48.5 Å². The first-order valence-electron chi connectivity index (χ1n) is 8.33. The minimum Gasteiger partial charge on any atom is -0.355 e. The highest BCUT2D eigenvalue weighted by atomic mass is 35.5. The molecule has 0 aliphatic rings. The minimum absolute atomic E-state index is 0.130. The number of hydrogen-bond acceptors (Lipinski definition) is 3. The molecular weight excluding hydrogens is 366 g/mol. The van der Waals surface area contributed by atoms with Crippen LogP contribution in [0.5, 0.6) is 0 Å². The summed E-state index contributed by atoms with van der Waals surface area (Å²) in [5, 5.41) is 8.29. The summed E-state index contributed by atoms with van der Waals surface area (Å²) in [5.41, 5.74) is 2.26. The number of carbonyl (C=O) groups excluding carboxylic acids is 3. The molecule has 7 heteroatoms. The maximum Gasteiger partial charge on any atom is 0.251 e. The van der Waals surface area contributed by atoms with E-state index in [2.05, 4.69) is 16.0 Å². The zero-order valence-corrected chi connectivity index (χ0v) is 15.8. The van der Waals surface area contributed by atoms with Crippen molar-refractivity contribution >= 4 is 46.8 Å². The molecule has 0 saturated heterocycles. The Morgan fingerprint density at radius 2 is 1.74 bits per heavy atom. The zero-order valence-electron chi connectivity index (χ0n) is 15.0. The van der Waals surface area contributed by atoms with Gasteiger partial charge < -0.3 is 16.0 Å². The van der Waals surface area contributed by atoms with Crippen LogP contribution in [0, 0.1) is 0 Å². The van der Waals surface area contributed by atoms with Crippen molar-refractivity contribution in [2.75, 3.05) is 17.7 Å². The SMILES string of the molecule is CCC(=O)Nc1ccc(Cl)c(NC(=O)C=Cc2ccc(C(=O)NC)cc2)c1. The van der Waals surface area contributed by atoms with Gasteiger partial charge in [0.05, 0.1) is 10.7 Å². The second kappa shape index (κ2) is 9.54. The molecule has 3 amide bonds. The van der Waals surface area contributed by atoms with E-state index in [4.69, 9.17) is 11.6 Å². The average molecular weight is 386 g/mol. The Labute approximate surface area is 162 Å². The summed E-state index contributed by atoms with van der Waals surface area (Å²) in [5.74, 6) is -0.672. The topological polar surface area (TPSA) is 87.3 Å². The van der Waals surface area contributed by atoms with E-state index in [1.165, 1.54) is 6.08 Å². The fourth-order valence-electron chi connectivity index (χ4n) is 2.18. The van der Waals surface area contributed by atoms with Crippen molar-refractivity contribution in [3.8, 4) is 0 Å². The largest absolute Gasteiger partial charge is 0.355 e. The van der Waals surface area contributed by atoms with Gasteiger partial charge in [0.2, 0.25) is 11.8 Å². The number of halogens is 1. The van der Waals surface area contributed by atoms with Crippen LogP contribution in [-0.2, 0) is 9.59 Å². The van der Waals surface area contributed by atoms with Crippen LogP contribution in [0.4, 0.5) is 11.4 Å². The van der Waals surface area contributed by atoms with Crippen molar-refractivity contribution in [2.45, 2.75) is 13.3 Å². The highest BCUT2D eigenvalue weighted by molar-refractivity contribution is 6.34. The molecule has 2 rings (SSSR count). The Hall–Kier alpha value is -3.12. The van der Waals surface area contributed by atoms with Gasteiger partial charge in [0, 0.05) is 30.8 Å². The molecule has 3 N–H and O–H groups in total. The highest BCUT2D eigenvalue weighted by Crippen LogP contribution is 2.25. The van der Waals surface area contributed by atoms with E-state index < -0.39 is 0 Å². The number of nitrogens with one attached hydrogen (secondary N) is 3. The van der Waals surface area contributed by atoms with E-state index in [0.717, 1.165) is 5.56 Å². The number of rotatable bonds is 6. The molecular formula is C20H20ClN3O3. The van der Waals surface area contributed by atoms with Crippen molar-refractivity contribution in [3.05, 3.63) is 64.7 Å². The van der Waals surface area contributed by atoms with Gasteiger partial charge in [0.1, 0.15) is 0 Å². The lowest BCUT2D eigenvalue weighted by atomic mass is 10.1. The molecule has 0 spiro atoms. The predicted octanol–water partition coefficient (Wildman–Crippen LogP) is 3.70. The van der Waals surface area contributed by atoms with Crippen molar-refractivity contribution in [2.24, 2.45) is 0 Å². The molecule has 0 bridgehead atoms. The first kappa shape index (κ1) is 20.2. The maximum absolute atomic E-state index is 12.1. The van der Waals surface area contributed by atoms with E-state index in [-0.39, 0.29) is 17.7 Å². The van der Waals surface area contributed by atoms with Crippen LogP contribution in [-0.4, -0.2) is 24.8 Å². The number of carbonyl (C=O) groups is 3. The first-order chi connectivity index (χ1) is 12.9. The average Bonchev–Trinajstić information content (AvgIpc) is 2.68. The van der Waals surface area contributed by atoms with Crippen molar-refractivity contribution in [3.63, 3.8) is 0 Å². The molecule has 2 aromatic carbocycles. The molecule has 0 heterocycles. The smallest absolute Gasteiger partial charge is 0.251 e. The summed E-state index contributed by atoms with van der Waals surface area (Å²) >= 11 is 6.10. The summed E-state index contributed by atoms with van der Waals surface area (Å²) in [7, 11) is 1.56. The number of hydrogen-bond donors (Lipinski definition) is 3. The highest BCUT2D eigenvalue weighted by Gasteiger charge is 2.07. The third kappa shape index (κ3) is 5.97. The summed E-state index contributed by atoms with van der Waals surface area (Å²) in [6.07, 6.45) is 3.34. The summed E-state index contributed by atoms with van der Waals surface area (Å²) in [6.45, 7) is 1.75. The van der Waals surface area contributed by atoms with Gasteiger partial charge in [-0.3, -0.25) is 14.4 Å². The van der Waals surface area contributed by atoms with Crippen molar-refractivity contribution in [1.29, 1.82) is 0 Å². The van der Waals surface area contributed by atoms with Crippen LogP contribution in [0.3, 0.4) is 0 Å². The van der Waals surface area contributed by atoms with Gasteiger partial charge in [0.25, 0.3) is 5.91 Å². The van der Waals surface area contributed by atoms with Crippen molar-refractivity contribution in [1.82, 2.24) is 5.32 Å². The van der Waals surface area contributed by atoms with Crippen molar-refractivity contribution < 1.29 is 14.4 Å². The third-order valence-corrected chi connectivity index (χ3v) is 3.99. The van der Waals surface area contributed by atoms with Gasteiger partial charge in [-0.1, -0.05) is 30.7 Å². The van der Waals surface area contributed by atoms with E-state index in [1.54, 1.807) is 62.5 Å². The Kier molecular flexibility index (Phi) is 7.14. The predicted molar refractivity (Wildman–Crippen MR) is 108 cm³/mol. The van der Waals surface area contributed by atoms with Crippen LogP contribution in [0.25, 0.3) is 6.08 Å². The Balaban J connectivity index is 2.04.